The smallest absolute Gasteiger partial charge is 0.485 e. The fourth-order valence-corrected chi connectivity index (χ4v) is 1.51. The fourth-order valence-electron chi connectivity index (χ4n) is 1.01. The lowest BCUT2D eigenvalue weighted by molar-refractivity contribution is -0.696. The van der Waals surface area contributed by atoms with E-state index in [4.69, 9.17) is 17.5 Å². The molecule has 0 aliphatic heterocycles. The second-order valence-electron chi connectivity index (χ2n) is 3.65. The van der Waals surface area contributed by atoms with Gasteiger partial charge < -0.3 is 4.55 Å². The molecule has 1 aromatic rings. The lowest BCUT2D eigenvalue weighted by Crippen LogP contribution is -2.33. The Kier molecular flexibility index (Phi) is 7.23. The molecule has 0 aromatic carbocycles. The summed E-state index contributed by atoms with van der Waals surface area (Å²) in [5.74, 6) is -0.186. The Morgan fingerprint density at radius 1 is 1.05 bits per heavy atom. The molecule has 12 heteroatoms. The summed E-state index contributed by atoms with van der Waals surface area (Å²) in [6, 6.07) is 5.63. The minimum absolute atomic E-state index is 0.186. The van der Waals surface area contributed by atoms with Crippen molar-refractivity contribution in [1.29, 1.82) is 0 Å². The molecule has 0 aliphatic carbocycles. The molecule has 0 saturated carbocycles. The SMILES string of the molecule is O=S(=O)(O)CCC[n+]1ccccc1.O=S(=O)([O-])C(F)(F)F. The van der Waals surface area contributed by atoms with Crippen molar-refractivity contribution in [2.75, 3.05) is 5.75 Å². The van der Waals surface area contributed by atoms with Crippen LogP contribution in [-0.2, 0) is 26.8 Å². The van der Waals surface area contributed by atoms with Gasteiger partial charge in [0.25, 0.3) is 10.1 Å². The van der Waals surface area contributed by atoms with Crippen molar-refractivity contribution < 1.29 is 43.7 Å². The van der Waals surface area contributed by atoms with Gasteiger partial charge in [0.15, 0.2) is 22.5 Å². The largest absolute Gasteiger partial charge is 0.741 e. The highest BCUT2D eigenvalue weighted by Gasteiger charge is 2.36. The topological polar surface area (TPSA) is 115 Å². The Morgan fingerprint density at radius 3 is 1.81 bits per heavy atom. The molecular formula is C9H12F3NO6S2. The van der Waals surface area contributed by atoms with Gasteiger partial charge in [-0.2, -0.15) is 21.6 Å². The van der Waals surface area contributed by atoms with Crippen molar-refractivity contribution in [1.82, 2.24) is 0 Å². The molecule has 0 radical (unpaired) electrons. The average molecular weight is 351 g/mol. The number of hydrogen-bond acceptors (Lipinski definition) is 5. The normalized spacial score (nSPS) is 12.4. The first-order valence-corrected chi connectivity index (χ1v) is 8.26. The summed E-state index contributed by atoms with van der Waals surface area (Å²) in [7, 11) is -9.90. The van der Waals surface area contributed by atoms with Gasteiger partial charge in [0.1, 0.15) is 6.54 Å². The van der Waals surface area contributed by atoms with Crippen LogP contribution in [0.5, 0.6) is 0 Å². The van der Waals surface area contributed by atoms with Crippen LogP contribution in [0.15, 0.2) is 30.6 Å². The molecule has 7 nitrogen and oxygen atoms in total. The van der Waals surface area contributed by atoms with Gasteiger partial charge in [-0.05, 0) is 0 Å². The minimum Gasteiger partial charge on any atom is -0.741 e. The third kappa shape index (κ3) is 10.2. The van der Waals surface area contributed by atoms with Crippen LogP contribution >= 0.6 is 0 Å². The van der Waals surface area contributed by atoms with Crippen LogP contribution < -0.4 is 4.57 Å². The van der Waals surface area contributed by atoms with Crippen molar-refractivity contribution in [3.8, 4) is 0 Å². The minimum atomic E-state index is -6.09. The highest BCUT2D eigenvalue weighted by molar-refractivity contribution is 7.86. The maximum atomic E-state index is 10.7. The highest BCUT2D eigenvalue weighted by atomic mass is 32.2. The summed E-state index contributed by atoms with van der Waals surface area (Å²) in [4.78, 5) is 0. The third-order valence-electron chi connectivity index (χ3n) is 1.88. The number of alkyl halides is 3. The van der Waals surface area contributed by atoms with E-state index in [-0.39, 0.29) is 5.75 Å². The van der Waals surface area contributed by atoms with E-state index in [1.54, 1.807) is 0 Å². The molecule has 0 amide bonds. The summed E-state index contributed by atoms with van der Waals surface area (Å²) in [6.07, 6.45) is 4.13. The number of aromatic nitrogens is 1. The average Bonchev–Trinajstić information content (AvgIpc) is 2.26. The first-order chi connectivity index (χ1) is 9.33. The Morgan fingerprint density at radius 2 is 1.48 bits per heavy atom. The Hall–Kier alpha value is -1.24. The zero-order valence-corrected chi connectivity index (χ0v) is 12.0. The van der Waals surface area contributed by atoms with Crippen LogP contribution in [0.4, 0.5) is 13.2 Å². The standard InChI is InChI=1S/C8H11NO3S.CHF3O3S/c10-13(11,12)8-4-7-9-5-2-1-3-6-9;2-1(3,4)8(5,6)7/h1-3,5-6H,4,7-8H2;(H,5,6,7). The van der Waals surface area contributed by atoms with Crippen LogP contribution in [-0.4, -0.2) is 37.2 Å². The molecule has 122 valence electrons. The molecular weight excluding hydrogens is 339 g/mol. The quantitative estimate of drug-likeness (QED) is 0.474. The lowest BCUT2D eigenvalue weighted by atomic mass is 10.4. The number of halogens is 3. The van der Waals surface area contributed by atoms with Crippen LogP contribution in [0.25, 0.3) is 0 Å². The summed E-state index contributed by atoms with van der Waals surface area (Å²) in [5.41, 5.74) is -5.65. The predicted molar refractivity (Wildman–Crippen MR) is 63.4 cm³/mol. The Bertz CT molecular complexity index is 627. The van der Waals surface area contributed by atoms with Crippen molar-refractivity contribution in [3.05, 3.63) is 30.6 Å². The number of pyridine rings is 1. The van der Waals surface area contributed by atoms with E-state index in [0.29, 0.717) is 13.0 Å². The lowest BCUT2D eigenvalue weighted by Gasteiger charge is -2.08. The van der Waals surface area contributed by atoms with E-state index in [0.717, 1.165) is 0 Å². The van der Waals surface area contributed by atoms with Gasteiger partial charge >= 0.3 is 5.51 Å². The van der Waals surface area contributed by atoms with Gasteiger partial charge in [-0.25, -0.2) is 13.0 Å². The van der Waals surface area contributed by atoms with Gasteiger partial charge in [0, 0.05) is 18.6 Å². The van der Waals surface area contributed by atoms with Crippen molar-refractivity contribution in [2.24, 2.45) is 0 Å². The first kappa shape index (κ1) is 19.8. The monoisotopic (exact) mass is 351 g/mol. The first-order valence-electron chi connectivity index (χ1n) is 5.24. The van der Waals surface area contributed by atoms with Crippen LogP contribution in [0.2, 0.25) is 0 Å². The molecule has 0 spiro atoms. The molecule has 21 heavy (non-hydrogen) atoms. The van der Waals surface area contributed by atoms with Gasteiger partial charge in [-0.1, -0.05) is 6.07 Å². The van der Waals surface area contributed by atoms with E-state index in [1.165, 1.54) is 0 Å². The Balaban J connectivity index is 0.000000433. The van der Waals surface area contributed by atoms with E-state index < -0.39 is 25.7 Å². The van der Waals surface area contributed by atoms with E-state index in [2.05, 4.69) is 0 Å². The maximum absolute atomic E-state index is 10.7. The summed E-state index contributed by atoms with van der Waals surface area (Å²) >= 11 is 0. The second-order valence-corrected chi connectivity index (χ2v) is 6.60. The maximum Gasteiger partial charge on any atom is 0.485 e. The molecule has 1 rings (SSSR count). The van der Waals surface area contributed by atoms with Crippen molar-refractivity contribution in [3.63, 3.8) is 0 Å². The van der Waals surface area contributed by atoms with E-state index in [1.807, 2.05) is 35.2 Å². The van der Waals surface area contributed by atoms with Crippen LogP contribution in [0, 0.1) is 0 Å². The van der Waals surface area contributed by atoms with Gasteiger partial charge in [0.05, 0.1) is 5.75 Å². The molecule has 0 bridgehead atoms. The highest BCUT2D eigenvalue weighted by Crippen LogP contribution is 2.20. The number of hydrogen-bond donors (Lipinski definition) is 1. The molecule has 1 aromatic heterocycles. The zero-order valence-electron chi connectivity index (χ0n) is 10.4. The Labute approximate surface area is 119 Å². The van der Waals surface area contributed by atoms with E-state index >= 15 is 0 Å². The third-order valence-corrected chi connectivity index (χ3v) is 3.25. The molecule has 1 N–H and O–H groups in total. The van der Waals surface area contributed by atoms with E-state index in [9.17, 15) is 21.6 Å². The fraction of sp³-hybridized carbons (Fsp3) is 0.444. The van der Waals surface area contributed by atoms with Crippen molar-refractivity contribution in [2.45, 2.75) is 18.5 Å². The molecule has 0 atom stereocenters. The number of nitrogens with zero attached hydrogens (tertiary/aromatic N) is 1. The second kappa shape index (κ2) is 7.68. The van der Waals surface area contributed by atoms with Crippen LogP contribution in [0.1, 0.15) is 6.42 Å². The van der Waals surface area contributed by atoms with Crippen molar-refractivity contribution >= 4 is 20.2 Å². The zero-order chi connectivity index (χ0) is 16.7. The predicted octanol–water partition coefficient (Wildman–Crippen LogP) is 0.303. The molecule has 1 heterocycles. The molecule has 0 unspecified atom stereocenters. The molecule has 0 saturated heterocycles. The van der Waals surface area contributed by atoms with Crippen LogP contribution in [0.3, 0.4) is 0 Å². The number of rotatable bonds is 4. The molecule has 0 fully saturated rings. The van der Waals surface area contributed by atoms with Gasteiger partial charge in [-0.3, -0.25) is 4.55 Å². The summed E-state index contributed by atoms with van der Waals surface area (Å²) in [5, 5.41) is 0. The van der Waals surface area contributed by atoms with Gasteiger partial charge in [0.2, 0.25) is 0 Å². The summed E-state index contributed by atoms with van der Waals surface area (Å²) in [6.45, 7) is 0.598. The number of aryl methyl sites for hydroxylation is 1. The summed E-state index contributed by atoms with van der Waals surface area (Å²) < 4.78 is 90.0. The van der Waals surface area contributed by atoms with Gasteiger partial charge in [-0.15, -0.1) is 0 Å². The molecule has 0 aliphatic rings.